The SMILES string of the molecule is NCc1ccc(-c2noc(C3CN(C(=O)c4ccco4)c4ccccc4O3)n2)c(F)c1. The highest BCUT2D eigenvalue weighted by molar-refractivity contribution is 6.05. The van der Waals surface area contributed by atoms with Gasteiger partial charge in [0.1, 0.15) is 11.6 Å². The number of para-hydroxylation sites is 2. The molecule has 2 N–H and O–H groups in total. The highest BCUT2D eigenvalue weighted by Gasteiger charge is 2.35. The van der Waals surface area contributed by atoms with E-state index in [1.807, 2.05) is 6.07 Å². The summed E-state index contributed by atoms with van der Waals surface area (Å²) in [5.74, 6) is 0.0702. The van der Waals surface area contributed by atoms with E-state index in [0.717, 1.165) is 0 Å². The van der Waals surface area contributed by atoms with Crippen LogP contribution >= 0.6 is 0 Å². The van der Waals surface area contributed by atoms with Crippen molar-refractivity contribution < 1.29 is 22.9 Å². The monoisotopic (exact) mass is 420 g/mol. The highest BCUT2D eigenvalue weighted by atomic mass is 19.1. The number of anilines is 1. The minimum atomic E-state index is -0.735. The molecule has 0 aliphatic carbocycles. The zero-order valence-electron chi connectivity index (χ0n) is 16.2. The number of rotatable bonds is 4. The normalized spacial score (nSPS) is 15.4. The molecule has 3 heterocycles. The van der Waals surface area contributed by atoms with Crippen molar-refractivity contribution in [2.24, 2.45) is 5.73 Å². The second-order valence-corrected chi connectivity index (χ2v) is 6.94. The number of nitrogens with two attached hydrogens (primary N) is 1. The van der Waals surface area contributed by atoms with Gasteiger partial charge in [0.2, 0.25) is 5.82 Å². The third-order valence-corrected chi connectivity index (χ3v) is 4.98. The molecule has 1 aliphatic rings. The van der Waals surface area contributed by atoms with Crippen LogP contribution in [0.4, 0.5) is 10.1 Å². The van der Waals surface area contributed by atoms with Crippen molar-refractivity contribution >= 4 is 11.6 Å². The number of nitrogens with zero attached hydrogens (tertiary/aromatic N) is 3. The Morgan fingerprint density at radius 1 is 1.19 bits per heavy atom. The molecule has 2 aromatic heterocycles. The summed E-state index contributed by atoms with van der Waals surface area (Å²) in [6.45, 7) is 0.344. The van der Waals surface area contributed by atoms with E-state index in [1.165, 1.54) is 17.2 Å². The number of halogens is 1. The molecule has 1 aliphatic heterocycles. The van der Waals surface area contributed by atoms with Crippen LogP contribution in [0.15, 0.2) is 69.8 Å². The Kier molecular flexibility index (Phi) is 4.72. The predicted molar refractivity (Wildman–Crippen MR) is 108 cm³/mol. The summed E-state index contributed by atoms with van der Waals surface area (Å²) in [4.78, 5) is 18.8. The van der Waals surface area contributed by atoms with Crippen LogP contribution in [0.25, 0.3) is 11.4 Å². The first-order chi connectivity index (χ1) is 15.1. The molecule has 0 fully saturated rings. The molecule has 0 saturated heterocycles. The van der Waals surface area contributed by atoms with Crippen molar-refractivity contribution in [1.29, 1.82) is 0 Å². The van der Waals surface area contributed by atoms with Gasteiger partial charge in [-0.1, -0.05) is 23.4 Å². The van der Waals surface area contributed by atoms with Crippen molar-refractivity contribution in [2.45, 2.75) is 12.6 Å². The molecule has 1 unspecified atom stereocenters. The van der Waals surface area contributed by atoms with Crippen molar-refractivity contribution in [3.05, 3.63) is 83.9 Å². The van der Waals surface area contributed by atoms with Gasteiger partial charge in [-0.25, -0.2) is 4.39 Å². The Bertz CT molecular complexity index is 1240. The molecule has 8 nitrogen and oxygen atoms in total. The van der Waals surface area contributed by atoms with E-state index in [9.17, 15) is 9.18 Å². The van der Waals surface area contributed by atoms with E-state index in [2.05, 4.69) is 10.1 Å². The van der Waals surface area contributed by atoms with Crippen molar-refractivity contribution in [2.75, 3.05) is 11.4 Å². The molecule has 0 bridgehead atoms. The van der Waals surface area contributed by atoms with Gasteiger partial charge in [-0.15, -0.1) is 0 Å². The largest absolute Gasteiger partial charge is 0.476 e. The van der Waals surface area contributed by atoms with Gasteiger partial charge in [0, 0.05) is 6.54 Å². The zero-order chi connectivity index (χ0) is 21.4. The minimum Gasteiger partial charge on any atom is -0.476 e. The van der Waals surface area contributed by atoms with Gasteiger partial charge in [-0.3, -0.25) is 9.69 Å². The molecule has 9 heteroatoms. The van der Waals surface area contributed by atoms with Gasteiger partial charge in [0.05, 0.1) is 24.1 Å². The van der Waals surface area contributed by atoms with Gasteiger partial charge in [-0.05, 0) is 42.0 Å². The number of hydrogen-bond acceptors (Lipinski definition) is 7. The Balaban J connectivity index is 1.47. The fourth-order valence-electron chi connectivity index (χ4n) is 3.43. The Morgan fingerprint density at radius 2 is 2.06 bits per heavy atom. The van der Waals surface area contributed by atoms with E-state index in [4.69, 9.17) is 19.4 Å². The van der Waals surface area contributed by atoms with Gasteiger partial charge < -0.3 is 19.4 Å². The quantitative estimate of drug-likeness (QED) is 0.536. The van der Waals surface area contributed by atoms with Crippen LogP contribution in [0.3, 0.4) is 0 Å². The number of carbonyl (C=O) groups is 1. The summed E-state index contributed by atoms with van der Waals surface area (Å²) in [6.07, 6.45) is 0.702. The molecule has 1 atom stereocenters. The molecular weight excluding hydrogens is 403 g/mol. The molecule has 0 spiro atoms. The summed E-state index contributed by atoms with van der Waals surface area (Å²) in [5, 5.41) is 3.89. The first-order valence-electron chi connectivity index (χ1n) is 9.57. The average Bonchev–Trinajstić information content (AvgIpc) is 3.50. The van der Waals surface area contributed by atoms with E-state index in [0.29, 0.717) is 17.0 Å². The second kappa shape index (κ2) is 7.69. The Morgan fingerprint density at radius 3 is 2.84 bits per heavy atom. The fourth-order valence-corrected chi connectivity index (χ4v) is 3.43. The maximum absolute atomic E-state index is 14.4. The van der Waals surface area contributed by atoms with Crippen molar-refractivity contribution in [3.63, 3.8) is 0 Å². The van der Waals surface area contributed by atoms with Gasteiger partial charge in [0.25, 0.3) is 11.8 Å². The summed E-state index contributed by atoms with van der Waals surface area (Å²) < 4.78 is 31.1. The zero-order valence-corrected chi connectivity index (χ0v) is 16.2. The first kappa shape index (κ1) is 19.0. The average molecular weight is 420 g/mol. The van der Waals surface area contributed by atoms with E-state index in [-0.39, 0.29) is 42.0 Å². The summed E-state index contributed by atoms with van der Waals surface area (Å²) in [5.41, 5.74) is 6.99. The van der Waals surface area contributed by atoms with Crippen LogP contribution < -0.4 is 15.4 Å². The smallest absolute Gasteiger partial charge is 0.294 e. The van der Waals surface area contributed by atoms with Crippen LogP contribution in [0.5, 0.6) is 5.75 Å². The maximum atomic E-state index is 14.4. The van der Waals surface area contributed by atoms with E-state index >= 15 is 0 Å². The van der Waals surface area contributed by atoms with Crippen LogP contribution in [0.2, 0.25) is 0 Å². The van der Waals surface area contributed by atoms with Crippen LogP contribution in [0.1, 0.15) is 28.1 Å². The molecule has 31 heavy (non-hydrogen) atoms. The number of amides is 1. The molecule has 0 radical (unpaired) electrons. The fraction of sp³-hybridized carbons (Fsp3) is 0.136. The van der Waals surface area contributed by atoms with Gasteiger partial charge >= 0.3 is 0 Å². The van der Waals surface area contributed by atoms with E-state index in [1.54, 1.807) is 42.5 Å². The summed E-state index contributed by atoms with van der Waals surface area (Å²) in [6, 6.07) is 14.9. The lowest BCUT2D eigenvalue weighted by Crippen LogP contribution is -2.39. The maximum Gasteiger partial charge on any atom is 0.294 e. The Hall–Kier alpha value is -3.98. The topological polar surface area (TPSA) is 108 Å². The third-order valence-electron chi connectivity index (χ3n) is 4.98. The number of aromatic nitrogens is 2. The lowest BCUT2D eigenvalue weighted by molar-refractivity contribution is 0.0912. The second-order valence-electron chi connectivity index (χ2n) is 6.94. The molecule has 2 aromatic carbocycles. The minimum absolute atomic E-state index is 0.0856. The van der Waals surface area contributed by atoms with Gasteiger partial charge in [0.15, 0.2) is 11.9 Å². The van der Waals surface area contributed by atoms with E-state index < -0.39 is 11.9 Å². The van der Waals surface area contributed by atoms with Crippen LogP contribution in [0, 0.1) is 5.82 Å². The molecule has 0 saturated carbocycles. The molecular formula is C22H17FN4O4. The number of furan rings is 1. The Labute approximate surface area is 176 Å². The summed E-state index contributed by atoms with van der Waals surface area (Å²) in [7, 11) is 0. The van der Waals surface area contributed by atoms with Crippen LogP contribution in [-0.4, -0.2) is 22.6 Å². The van der Waals surface area contributed by atoms with Crippen LogP contribution in [-0.2, 0) is 6.54 Å². The lowest BCUT2D eigenvalue weighted by atomic mass is 10.1. The molecule has 5 rings (SSSR count). The first-order valence-corrected chi connectivity index (χ1v) is 9.57. The predicted octanol–water partition coefficient (Wildman–Crippen LogP) is 3.71. The number of benzene rings is 2. The molecule has 1 amide bonds. The number of ether oxygens (including phenoxy) is 1. The van der Waals surface area contributed by atoms with Gasteiger partial charge in [-0.2, -0.15) is 4.98 Å². The third kappa shape index (κ3) is 3.44. The molecule has 4 aromatic rings. The standard InChI is InChI=1S/C22H17FN4O4/c23-15-10-13(11-24)7-8-14(15)20-25-21(31-26-20)19-12-27(22(28)18-6-3-9-29-18)16-4-1-2-5-17(16)30-19/h1-10,19H,11-12,24H2. The van der Waals surface area contributed by atoms with Crippen molar-refractivity contribution in [1.82, 2.24) is 10.1 Å². The molecule has 156 valence electrons. The summed E-state index contributed by atoms with van der Waals surface area (Å²) >= 11 is 0. The number of carbonyl (C=O) groups excluding carboxylic acids is 1. The number of hydrogen-bond donors (Lipinski definition) is 1. The lowest BCUT2D eigenvalue weighted by Gasteiger charge is -2.32. The number of fused-ring (bicyclic) bond motifs is 1. The highest BCUT2D eigenvalue weighted by Crippen LogP contribution is 2.38. The van der Waals surface area contributed by atoms with Crippen molar-refractivity contribution in [3.8, 4) is 17.1 Å².